The molecule has 0 radical (unpaired) electrons. The Labute approximate surface area is 219 Å². The van der Waals surface area contributed by atoms with E-state index in [4.69, 9.17) is 4.42 Å². The summed E-state index contributed by atoms with van der Waals surface area (Å²) in [4.78, 5) is 28.7. The smallest absolute Gasteiger partial charge is 0.297 e. The molecule has 0 fully saturated rings. The number of aromatic nitrogens is 2. The monoisotopic (exact) mass is 529 g/mol. The lowest BCUT2D eigenvalue weighted by Gasteiger charge is -2.22. The van der Waals surface area contributed by atoms with Crippen LogP contribution in [-0.4, -0.2) is 16.1 Å². The van der Waals surface area contributed by atoms with Crippen molar-refractivity contribution in [1.29, 1.82) is 0 Å². The molecule has 0 saturated carbocycles. The van der Waals surface area contributed by atoms with Gasteiger partial charge in [0.2, 0.25) is 10.9 Å². The predicted molar refractivity (Wildman–Crippen MR) is 143 cm³/mol. The van der Waals surface area contributed by atoms with Gasteiger partial charge in [-0.2, -0.15) is 0 Å². The minimum Gasteiger partial charge on any atom is -0.450 e. The molecule has 37 heavy (non-hydrogen) atoms. The average Bonchev–Trinajstić information content (AvgIpc) is 3.47. The van der Waals surface area contributed by atoms with Gasteiger partial charge in [-0.1, -0.05) is 82.8 Å². The zero-order chi connectivity index (χ0) is 25.7. The second-order valence-corrected chi connectivity index (χ2v) is 11.1. The molecule has 184 valence electrons. The summed E-state index contributed by atoms with van der Waals surface area (Å²) in [5.74, 6) is -0.373. The van der Waals surface area contributed by atoms with Gasteiger partial charge < -0.3 is 4.42 Å². The number of fused-ring (bicyclic) bond motifs is 2. The number of carbonyl (C=O) groups is 1. The Bertz CT molecular complexity index is 1710. The van der Waals surface area contributed by atoms with Crippen LogP contribution in [0.5, 0.6) is 0 Å². The van der Waals surface area contributed by atoms with Crippen molar-refractivity contribution in [2.45, 2.75) is 30.0 Å². The van der Waals surface area contributed by atoms with Crippen molar-refractivity contribution in [1.82, 2.24) is 10.2 Å². The van der Waals surface area contributed by atoms with Gasteiger partial charge in [-0.15, -0.1) is 10.2 Å². The van der Waals surface area contributed by atoms with E-state index in [0.29, 0.717) is 15.2 Å². The molecule has 1 amide bonds. The first-order valence-electron chi connectivity index (χ1n) is 11.6. The van der Waals surface area contributed by atoms with Crippen LogP contribution in [0, 0.1) is 19.7 Å². The zero-order valence-corrected chi connectivity index (χ0v) is 21.5. The van der Waals surface area contributed by atoms with E-state index in [1.807, 2.05) is 38.1 Å². The fourth-order valence-electron chi connectivity index (χ4n) is 4.39. The molecule has 0 N–H and O–H groups in total. The van der Waals surface area contributed by atoms with Gasteiger partial charge in [-0.25, -0.2) is 4.39 Å². The highest BCUT2D eigenvalue weighted by Gasteiger charge is 2.45. The molecule has 0 saturated heterocycles. The minimum atomic E-state index is -0.769. The van der Waals surface area contributed by atoms with E-state index >= 15 is 0 Å². The number of halogens is 1. The van der Waals surface area contributed by atoms with E-state index in [9.17, 15) is 14.0 Å². The van der Waals surface area contributed by atoms with Gasteiger partial charge in [-0.05, 0) is 43.2 Å². The summed E-state index contributed by atoms with van der Waals surface area (Å²) in [6, 6.07) is 18.8. The average molecular weight is 530 g/mol. The number of rotatable bonds is 5. The van der Waals surface area contributed by atoms with Crippen LogP contribution < -0.4 is 10.3 Å². The maximum absolute atomic E-state index is 14.0. The van der Waals surface area contributed by atoms with Crippen LogP contribution in [0.3, 0.4) is 0 Å². The Kier molecular flexibility index (Phi) is 5.89. The van der Waals surface area contributed by atoms with Gasteiger partial charge in [0.25, 0.3) is 5.91 Å². The van der Waals surface area contributed by atoms with Crippen LogP contribution in [0.2, 0.25) is 0 Å². The van der Waals surface area contributed by atoms with E-state index in [1.54, 1.807) is 0 Å². The Morgan fingerprint density at radius 2 is 1.68 bits per heavy atom. The van der Waals surface area contributed by atoms with Gasteiger partial charge in [0.05, 0.1) is 17.0 Å². The second kappa shape index (κ2) is 9.24. The Balaban J connectivity index is 1.42. The third kappa shape index (κ3) is 4.24. The summed E-state index contributed by atoms with van der Waals surface area (Å²) in [6.45, 7) is 4.00. The van der Waals surface area contributed by atoms with Crippen molar-refractivity contribution in [3.63, 3.8) is 0 Å². The van der Waals surface area contributed by atoms with E-state index in [-0.39, 0.29) is 22.3 Å². The van der Waals surface area contributed by atoms with Crippen LogP contribution in [-0.2, 0) is 5.75 Å². The summed E-state index contributed by atoms with van der Waals surface area (Å²) in [5, 5.41) is 9.07. The molecule has 0 aliphatic carbocycles. The largest absolute Gasteiger partial charge is 0.450 e. The highest BCUT2D eigenvalue weighted by molar-refractivity contribution is 8.00. The highest BCUT2D eigenvalue weighted by atomic mass is 32.2. The third-order valence-electron chi connectivity index (χ3n) is 6.31. The summed E-state index contributed by atoms with van der Waals surface area (Å²) >= 11 is 2.81. The molecule has 6 rings (SSSR count). The van der Waals surface area contributed by atoms with E-state index in [0.717, 1.165) is 22.8 Å². The number of amides is 1. The van der Waals surface area contributed by atoms with E-state index < -0.39 is 23.2 Å². The lowest BCUT2D eigenvalue weighted by Crippen LogP contribution is -2.29. The molecule has 1 aliphatic heterocycles. The number of hydrogen-bond donors (Lipinski definition) is 0. The number of aryl methyl sites for hydroxylation is 2. The molecule has 2 aromatic heterocycles. The zero-order valence-electron chi connectivity index (χ0n) is 19.9. The Morgan fingerprint density at radius 3 is 2.41 bits per heavy atom. The lowest BCUT2D eigenvalue weighted by atomic mass is 9.98. The Morgan fingerprint density at radius 1 is 0.973 bits per heavy atom. The summed E-state index contributed by atoms with van der Waals surface area (Å²) in [6.07, 6.45) is 0. The van der Waals surface area contributed by atoms with Crippen LogP contribution >= 0.6 is 23.1 Å². The maximum Gasteiger partial charge on any atom is 0.297 e. The number of thioether (sulfide) groups is 1. The van der Waals surface area contributed by atoms with Crippen molar-refractivity contribution < 1.29 is 13.6 Å². The first-order valence-corrected chi connectivity index (χ1v) is 13.4. The van der Waals surface area contributed by atoms with Gasteiger partial charge >= 0.3 is 0 Å². The standard InChI is InChI=1S/C28H20FN3O3S2/c1-15-3-7-17(8-4-15)14-36-28-31-30-27(37-28)32-23(18-9-5-16(2)6-10-18)22-24(33)20-13-19(29)11-12-21(20)35-25(22)26(32)34/h3-13,23H,14H2,1-2H3. The number of nitrogens with zero attached hydrogens (tertiary/aromatic N) is 3. The first kappa shape index (κ1) is 23.6. The molecule has 9 heteroatoms. The number of hydrogen-bond acceptors (Lipinski definition) is 7. The normalized spacial score (nSPS) is 14.9. The van der Waals surface area contributed by atoms with E-state index in [1.165, 1.54) is 45.7 Å². The Hall–Kier alpha value is -3.82. The molecule has 1 aliphatic rings. The summed E-state index contributed by atoms with van der Waals surface area (Å²) < 4.78 is 20.6. The van der Waals surface area contributed by atoms with Crippen molar-refractivity contribution in [3.8, 4) is 0 Å². The summed E-state index contributed by atoms with van der Waals surface area (Å²) in [7, 11) is 0. The topological polar surface area (TPSA) is 76.3 Å². The SMILES string of the molecule is Cc1ccc(CSc2nnc(N3C(=O)c4oc5ccc(F)cc5c(=O)c4C3c3ccc(C)cc3)s2)cc1. The minimum absolute atomic E-state index is 0.0567. The molecular formula is C28H20FN3O3S2. The maximum atomic E-state index is 14.0. The molecular weight excluding hydrogens is 509 g/mol. The van der Waals surface area contributed by atoms with Crippen LogP contribution in [0.4, 0.5) is 9.52 Å². The predicted octanol–water partition coefficient (Wildman–Crippen LogP) is 6.44. The van der Waals surface area contributed by atoms with Gasteiger partial charge in [0.1, 0.15) is 11.4 Å². The molecule has 0 bridgehead atoms. The van der Waals surface area contributed by atoms with Crippen molar-refractivity contribution in [2.75, 3.05) is 4.90 Å². The molecule has 6 nitrogen and oxygen atoms in total. The van der Waals surface area contributed by atoms with E-state index in [2.05, 4.69) is 34.5 Å². The number of anilines is 1. The molecule has 1 unspecified atom stereocenters. The molecule has 5 aromatic rings. The number of carbonyl (C=O) groups excluding carboxylic acids is 1. The fraction of sp³-hybridized carbons (Fsp3) is 0.143. The molecule has 1 atom stereocenters. The van der Waals surface area contributed by atoms with Crippen LogP contribution in [0.1, 0.15) is 44.4 Å². The van der Waals surface area contributed by atoms with Crippen LogP contribution in [0.25, 0.3) is 11.0 Å². The van der Waals surface area contributed by atoms with Gasteiger partial charge in [-0.3, -0.25) is 14.5 Å². The fourth-order valence-corrected chi connectivity index (χ4v) is 6.22. The number of benzene rings is 3. The van der Waals surface area contributed by atoms with Gasteiger partial charge in [0, 0.05) is 5.75 Å². The van der Waals surface area contributed by atoms with Crippen molar-refractivity contribution >= 4 is 45.1 Å². The van der Waals surface area contributed by atoms with Crippen LogP contribution in [0.15, 0.2) is 80.3 Å². The molecule has 3 aromatic carbocycles. The third-order valence-corrected chi connectivity index (χ3v) is 8.44. The van der Waals surface area contributed by atoms with Crippen molar-refractivity contribution in [2.24, 2.45) is 0 Å². The van der Waals surface area contributed by atoms with Crippen molar-refractivity contribution in [3.05, 3.63) is 116 Å². The first-order chi connectivity index (χ1) is 17.9. The lowest BCUT2D eigenvalue weighted by molar-refractivity contribution is 0.0970. The summed E-state index contributed by atoms with van der Waals surface area (Å²) in [5.41, 5.74) is 4.02. The van der Waals surface area contributed by atoms with Gasteiger partial charge in [0.15, 0.2) is 9.77 Å². The highest BCUT2D eigenvalue weighted by Crippen LogP contribution is 2.43. The molecule has 0 spiro atoms. The second-order valence-electron chi connectivity index (χ2n) is 8.93. The quantitative estimate of drug-likeness (QED) is 0.193. The molecule has 3 heterocycles.